The summed E-state index contributed by atoms with van der Waals surface area (Å²) < 4.78 is 41.0. The molecule has 0 amide bonds. The van der Waals surface area contributed by atoms with Gasteiger partial charge in [0.2, 0.25) is 5.17 Å². The lowest BCUT2D eigenvalue weighted by Gasteiger charge is -2.05. The number of hydrogen-bond acceptors (Lipinski definition) is 2. The Kier molecular flexibility index (Phi) is 4.04. The molecule has 0 aliphatic carbocycles. The Morgan fingerprint density at radius 1 is 1.38 bits per heavy atom. The van der Waals surface area contributed by atoms with Gasteiger partial charge in [-0.2, -0.15) is 13.2 Å². The highest BCUT2D eigenvalue weighted by Gasteiger charge is 2.34. The monoisotopic (exact) mass is 271 g/mol. The van der Waals surface area contributed by atoms with Crippen LogP contribution in [0.5, 0.6) is 5.75 Å². The molecule has 0 N–H and O–H groups in total. The van der Waals surface area contributed by atoms with Crippen LogP contribution in [-0.4, -0.2) is 18.5 Å². The third kappa shape index (κ3) is 3.28. The maximum absolute atomic E-state index is 12.1. The summed E-state index contributed by atoms with van der Waals surface area (Å²) in [7, 11) is 1.40. The molecule has 0 saturated carbocycles. The molecule has 0 radical (unpaired) electrons. The zero-order chi connectivity index (χ0) is 12.3. The molecule has 0 heterocycles. The van der Waals surface area contributed by atoms with Crippen molar-refractivity contribution in [1.29, 1.82) is 0 Å². The van der Waals surface area contributed by atoms with Crippen molar-refractivity contribution in [3.63, 3.8) is 0 Å². The third-order valence-electron chi connectivity index (χ3n) is 1.60. The fourth-order valence-corrected chi connectivity index (χ4v) is 1.25. The van der Waals surface area contributed by atoms with Gasteiger partial charge in [-0.25, -0.2) is 4.99 Å². The largest absolute Gasteiger partial charge is 0.495 e. The summed E-state index contributed by atoms with van der Waals surface area (Å²) in [5, 5.41) is -1.29. The predicted molar refractivity (Wildman–Crippen MR) is 57.0 cm³/mol. The molecular weight excluding hydrogens is 266 g/mol. The van der Waals surface area contributed by atoms with Gasteiger partial charge in [0, 0.05) is 0 Å². The molecule has 0 fully saturated rings. The summed E-state index contributed by atoms with van der Waals surface area (Å²) in [6.45, 7) is 0. The normalized spacial score (nSPS) is 12.8. The summed E-state index contributed by atoms with van der Waals surface area (Å²) in [6.07, 6.45) is -4.66. The summed E-state index contributed by atoms with van der Waals surface area (Å²) in [5.41, 5.74) is 0.00752. The Morgan fingerprint density at radius 2 is 2.00 bits per heavy atom. The van der Waals surface area contributed by atoms with Crippen LogP contribution in [0.2, 0.25) is 5.02 Å². The lowest BCUT2D eigenvalue weighted by molar-refractivity contribution is -0.0558. The number of methoxy groups -OCH3 is 1. The second-order valence-electron chi connectivity index (χ2n) is 2.72. The molecule has 7 heteroatoms. The van der Waals surface area contributed by atoms with Gasteiger partial charge in [-0.1, -0.05) is 23.2 Å². The lowest BCUT2D eigenvalue weighted by atomic mass is 10.3. The minimum Gasteiger partial charge on any atom is -0.495 e. The Balaban J connectivity index is 3.04. The van der Waals surface area contributed by atoms with Crippen LogP contribution in [0.25, 0.3) is 0 Å². The maximum Gasteiger partial charge on any atom is 0.444 e. The van der Waals surface area contributed by atoms with Crippen LogP contribution < -0.4 is 4.74 Å². The fourth-order valence-electron chi connectivity index (χ4n) is 0.902. The highest BCUT2D eigenvalue weighted by atomic mass is 35.5. The highest BCUT2D eigenvalue weighted by molar-refractivity contribution is 6.67. The zero-order valence-electron chi connectivity index (χ0n) is 7.98. The van der Waals surface area contributed by atoms with E-state index in [9.17, 15) is 13.2 Å². The quantitative estimate of drug-likeness (QED) is 0.740. The average molecular weight is 272 g/mol. The van der Waals surface area contributed by atoms with Crippen LogP contribution in [0.3, 0.4) is 0 Å². The molecule has 0 unspecified atom stereocenters. The summed E-state index contributed by atoms with van der Waals surface area (Å²) in [4.78, 5) is 3.18. The van der Waals surface area contributed by atoms with E-state index in [0.29, 0.717) is 5.75 Å². The first kappa shape index (κ1) is 13.1. The van der Waals surface area contributed by atoms with E-state index in [-0.39, 0.29) is 10.7 Å². The number of alkyl halides is 3. The number of rotatable bonds is 2. The predicted octanol–water partition coefficient (Wildman–Crippen LogP) is 4.18. The second-order valence-corrected chi connectivity index (χ2v) is 3.48. The van der Waals surface area contributed by atoms with Gasteiger partial charge in [0.25, 0.3) is 0 Å². The van der Waals surface area contributed by atoms with Gasteiger partial charge in [-0.05, 0) is 18.2 Å². The second kappa shape index (κ2) is 4.93. The molecule has 16 heavy (non-hydrogen) atoms. The van der Waals surface area contributed by atoms with Crippen molar-refractivity contribution < 1.29 is 17.9 Å². The van der Waals surface area contributed by atoms with Gasteiger partial charge < -0.3 is 4.74 Å². The topological polar surface area (TPSA) is 21.6 Å². The molecule has 1 aromatic carbocycles. The Hall–Kier alpha value is -0.940. The maximum atomic E-state index is 12.1. The van der Waals surface area contributed by atoms with Crippen LogP contribution in [-0.2, 0) is 0 Å². The molecule has 0 spiro atoms. The fraction of sp³-hybridized carbons (Fsp3) is 0.222. The Bertz CT molecular complexity index is 418. The van der Waals surface area contributed by atoms with E-state index >= 15 is 0 Å². The van der Waals surface area contributed by atoms with Crippen molar-refractivity contribution in [1.82, 2.24) is 0 Å². The van der Waals surface area contributed by atoms with E-state index in [2.05, 4.69) is 4.99 Å². The Labute approximate surface area is 99.6 Å². The van der Waals surface area contributed by atoms with Crippen LogP contribution in [0.4, 0.5) is 18.9 Å². The van der Waals surface area contributed by atoms with Crippen LogP contribution >= 0.6 is 23.2 Å². The molecule has 0 aliphatic rings. The molecule has 88 valence electrons. The van der Waals surface area contributed by atoms with Gasteiger partial charge in [0.1, 0.15) is 5.75 Å². The van der Waals surface area contributed by atoms with Gasteiger partial charge in [-0.15, -0.1) is 0 Å². The molecule has 0 saturated heterocycles. The molecule has 0 aromatic heterocycles. The van der Waals surface area contributed by atoms with Crippen molar-refractivity contribution in [2.24, 2.45) is 4.99 Å². The van der Waals surface area contributed by atoms with E-state index in [1.807, 2.05) is 0 Å². The number of aliphatic imine (C=N–C) groups is 1. The van der Waals surface area contributed by atoms with Crippen LogP contribution in [0, 0.1) is 0 Å². The van der Waals surface area contributed by atoms with Gasteiger partial charge in [0.05, 0.1) is 17.8 Å². The number of nitrogens with zero attached hydrogens (tertiary/aromatic N) is 1. The molecule has 2 nitrogen and oxygen atoms in total. The number of benzene rings is 1. The van der Waals surface area contributed by atoms with E-state index in [0.717, 1.165) is 0 Å². The van der Waals surface area contributed by atoms with E-state index < -0.39 is 11.3 Å². The zero-order valence-corrected chi connectivity index (χ0v) is 9.49. The standard InChI is InChI=1S/C9H6Cl2F3NO/c1-16-7-3-2-5(4-6(7)10)15-8(11)9(12,13)14/h2-4H,1H3. The van der Waals surface area contributed by atoms with Crippen molar-refractivity contribution >= 4 is 34.1 Å². The van der Waals surface area contributed by atoms with E-state index in [1.165, 1.54) is 25.3 Å². The minimum absolute atomic E-state index is 0.00752. The van der Waals surface area contributed by atoms with Gasteiger partial charge in [0.15, 0.2) is 0 Å². The van der Waals surface area contributed by atoms with Gasteiger partial charge >= 0.3 is 6.18 Å². The molecule has 0 bridgehead atoms. The van der Waals surface area contributed by atoms with Crippen LogP contribution in [0.1, 0.15) is 0 Å². The molecule has 0 atom stereocenters. The van der Waals surface area contributed by atoms with Crippen molar-refractivity contribution in [3.8, 4) is 5.75 Å². The number of hydrogen-bond donors (Lipinski definition) is 0. The number of ether oxygens (including phenoxy) is 1. The third-order valence-corrected chi connectivity index (χ3v) is 2.19. The SMILES string of the molecule is COc1ccc(N=C(Cl)C(F)(F)F)cc1Cl. The first-order valence-electron chi connectivity index (χ1n) is 3.99. The Morgan fingerprint density at radius 3 is 2.44 bits per heavy atom. The molecule has 1 rings (SSSR count). The molecule has 0 aliphatic heterocycles. The van der Waals surface area contributed by atoms with Gasteiger partial charge in [-0.3, -0.25) is 0 Å². The highest BCUT2D eigenvalue weighted by Crippen LogP contribution is 2.30. The van der Waals surface area contributed by atoms with Crippen molar-refractivity contribution in [3.05, 3.63) is 23.2 Å². The smallest absolute Gasteiger partial charge is 0.444 e. The lowest BCUT2D eigenvalue weighted by Crippen LogP contribution is -2.16. The summed E-state index contributed by atoms with van der Waals surface area (Å²) in [5.74, 6) is 0.351. The van der Waals surface area contributed by atoms with E-state index in [1.54, 1.807) is 0 Å². The van der Waals surface area contributed by atoms with E-state index in [4.69, 9.17) is 27.9 Å². The first-order chi connectivity index (χ1) is 7.34. The average Bonchev–Trinajstić information content (AvgIpc) is 2.16. The number of halogens is 5. The summed E-state index contributed by atoms with van der Waals surface area (Å²) in [6, 6.07) is 3.95. The minimum atomic E-state index is -4.66. The first-order valence-corrected chi connectivity index (χ1v) is 4.75. The van der Waals surface area contributed by atoms with Crippen molar-refractivity contribution in [2.75, 3.05) is 7.11 Å². The molecule has 1 aromatic rings. The molecular formula is C9H6Cl2F3NO. The van der Waals surface area contributed by atoms with Crippen LogP contribution in [0.15, 0.2) is 23.2 Å². The van der Waals surface area contributed by atoms with Crippen molar-refractivity contribution in [2.45, 2.75) is 6.18 Å². The summed E-state index contributed by atoms with van der Waals surface area (Å²) >= 11 is 10.7.